The number of rotatable bonds is 3. The molecule has 0 amide bonds. The molecular weight excluding hydrogens is 287 g/mol. The van der Waals surface area contributed by atoms with Gasteiger partial charge in [-0.2, -0.15) is 13.2 Å². The molecule has 1 N–H and O–H groups in total. The number of benzene rings is 1. The molecule has 2 rings (SSSR count). The minimum absolute atomic E-state index is 0.0145. The zero-order valence-electron chi connectivity index (χ0n) is 10.8. The van der Waals surface area contributed by atoms with E-state index >= 15 is 0 Å². The molecule has 0 aliphatic heterocycles. The fourth-order valence-electron chi connectivity index (χ4n) is 1.90. The van der Waals surface area contributed by atoms with E-state index < -0.39 is 23.4 Å². The fraction of sp³-hybridized carbons (Fsp3) is 0.143. The fourth-order valence-corrected chi connectivity index (χ4v) is 1.90. The Morgan fingerprint density at radius 3 is 2.38 bits per heavy atom. The Bertz CT molecular complexity index is 683. The Kier molecular flexibility index (Phi) is 3.84. The number of carboxylic acid groups (broad SMARTS) is 1. The van der Waals surface area contributed by atoms with Gasteiger partial charge in [-0.1, -0.05) is 18.2 Å². The van der Waals surface area contributed by atoms with E-state index in [0.717, 1.165) is 6.07 Å². The standard InChI is InChI=1S/C14H10F3NO3/c1-21-11-7-6-9(12(18-11)13(19)20)8-4-2-3-5-10(8)14(15,16)17/h2-7H,1H3,(H,19,20). The zero-order valence-corrected chi connectivity index (χ0v) is 10.8. The van der Waals surface area contributed by atoms with Crippen molar-refractivity contribution in [1.82, 2.24) is 4.98 Å². The summed E-state index contributed by atoms with van der Waals surface area (Å²) in [7, 11) is 1.29. The van der Waals surface area contributed by atoms with E-state index in [1.807, 2.05) is 0 Å². The Hall–Kier alpha value is -2.57. The van der Waals surface area contributed by atoms with E-state index in [4.69, 9.17) is 9.84 Å². The molecule has 0 saturated heterocycles. The summed E-state index contributed by atoms with van der Waals surface area (Å²) in [5.74, 6) is -1.42. The number of hydrogen-bond acceptors (Lipinski definition) is 3. The predicted molar refractivity (Wildman–Crippen MR) is 68.2 cm³/mol. The maximum Gasteiger partial charge on any atom is 0.417 e. The van der Waals surface area contributed by atoms with Crippen molar-refractivity contribution in [2.45, 2.75) is 6.18 Å². The van der Waals surface area contributed by atoms with Crippen LogP contribution in [0.2, 0.25) is 0 Å². The lowest BCUT2D eigenvalue weighted by atomic mass is 9.98. The van der Waals surface area contributed by atoms with Crippen LogP contribution in [-0.4, -0.2) is 23.2 Å². The molecule has 0 bridgehead atoms. The zero-order chi connectivity index (χ0) is 15.6. The third-order valence-electron chi connectivity index (χ3n) is 2.80. The number of carboxylic acids is 1. The number of hydrogen-bond donors (Lipinski definition) is 1. The van der Waals surface area contributed by atoms with E-state index in [1.54, 1.807) is 0 Å². The van der Waals surface area contributed by atoms with Crippen molar-refractivity contribution in [3.8, 4) is 17.0 Å². The van der Waals surface area contributed by atoms with Crippen LogP contribution in [0.4, 0.5) is 13.2 Å². The summed E-state index contributed by atoms with van der Waals surface area (Å²) >= 11 is 0. The van der Waals surface area contributed by atoms with Crippen LogP contribution in [-0.2, 0) is 6.18 Å². The molecule has 110 valence electrons. The Morgan fingerprint density at radius 2 is 1.81 bits per heavy atom. The number of carbonyl (C=O) groups is 1. The Morgan fingerprint density at radius 1 is 1.14 bits per heavy atom. The highest BCUT2D eigenvalue weighted by molar-refractivity contribution is 5.94. The molecule has 0 saturated carbocycles. The quantitative estimate of drug-likeness (QED) is 0.942. The number of alkyl halides is 3. The molecule has 2 aromatic rings. The van der Waals surface area contributed by atoms with Gasteiger partial charge in [0.25, 0.3) is 0 Å². The average molecular weight is 297 g/mol. The number of halogens is 3. The highest BCUT2D eigenvalue weighted by atomic mass is 19.4. The molecule has 1 aromatic carbocycles. The van der Waals surface area contributed by atoms with Gasteiger partial charge in [-0.25, -0.2) is 9.78 Å². The first kappa shape index (κ1) is 14.8. The molecule has 0 aliphatic rings. The van der Waals surface area contributed by atoms with Crippen molar-refractivity contribution in [3.63, 3.8) is 0 Å². The molecule has 0 fully saturated rings. The third-order valence-corrected chi connectivity index (χ3v) is 2.80. The number of methoxy groups -OCH3 is 1. The summed E-state index contributed by atoms with van der Waals surface area (Å²) in [5.41, 5.74) is -1.76. The molecule has 0 unspecified atom stereocenters. The molecule has 7 heteroatoms. The normalized spacial score (nSPS) is 11.2. The molecule has 0 spiro atoms. The largest absolute Gasteiger partial charge is 0.481 e. The van der Waals surface area contributed by atoms with Gasteiger partial charge < -0.3 is 9.84 Å². The summed E-state index contributed by atoms with van der Waals surface area (Å²) in [6, 6.07) is 7.31. The summed E-state index contributed by atoms with van der Waals surface area (Å²) in [4.78, 5) is 14.9. The van der Waals surface area contributed by atoms with Crippen LogP contribution >= 0.6 is 0 Å². The van der Waals surface area contributed by atoms with Gasteiger partial charge in [-0.05, 0) is 17.7 Å². The van der Waals surface area contributed by atoms with Crippen LogP contribution in [0.15, 0.2) is 36.4 Å². The molecule has 21 heavy (non-hydrogen) atoms. The van der Waals surface area contributed by atoms with Crippen molar-refractivity contribution in [3.05, 3.63) is 47.7 Å². The van der Waals surface area contributed by atoms with Crippen LogP contribution < -0.4 is 4.74 Å². The molecular formula is C14H10F3NO3. The van der Waals surface area contributed by atoms with E-state index in [9.17, 15) is 18.0 Å². The van der Waals surface area contributed by atoms with Gasteiger partial charge >= 0.3 is 12.1 Å². The van der Waals surface area contributed by atoms with E-state index in [1.165, 1.54) is 37.4 Å². The van der Waals surface area contributed by atoms with Crippen molar-refractivity contribution >= 4 is 5.97 Å². The third kappa shape index (κ3) is 2.96. The maximum absolute atomic E-state index is 13.0. The maximum atomic E-state index is 13.0. The second-order valence-corrected chi connectivity index (χ2v) is 4.10. The molecule has 0 aliphatic carbocycles. The SMILES string of the molecule is COc1ccc(-c2ccccc2C(F)(F)F)c(C(=O)O)n1. The summed E-state index contributed by atoms with van der Waals surface area (Å²) in [6.07, 6.45) is -4.59. The summed E-state index contributed by atoms with van der Waals surface area (Å²) in [6.45, 7) is 0. The number of pyridine rings is 1. The van der Waals surface area contributed by atoms with Crippen LogP contribution in [0, 0.1) is 0 Å². The van der Waals surface area contributed by atoms with Gasteiger partial charge in [0.2, 0.25) is 5.88 Å². The molecule has 0 atom stereocenters. The highest BCUT2D eigenvalue weighted by Crippen LogP contribution is 2.38. The van der Waals surface area contributed by atoms with Gasteiger partial charge in [0.05, 0.1) is 12.7 Å². The van der Waals surface area contributed by atoms with E-state index in [-0.39, 0.29) is 17.0 Å². The molecule has 1 heterocycles. The summed E-state index contributed by atoms with van der Waals surface area (Å²) < 4.78 is 43.9. The first-order chi connectivity index (χ1) is 9.84. The minimum atomic E-state index is -4.59. The molecule has 1 aromatic heterocycles. The average Bonchev–Trinajstić information content (AvgIpc) is 2.45. The Labute approximate surface area is 117 Å². The van der Waals surface area contributed by atoms with Crippen LogP contribution in [0.5, 0.6) is 5.88 Å². The lowest BCUT2D eigenvalue weighted by Crippen LogP contribution is -2.10. The van der Waals surface area contributed by atoms with Crippen molar-refractivity contribution < 1.29 is 27.8 Å². The molecule has 4 nitrogen and oxygen atoms in total. The number of aromatic nitrogens is 1. The lowest BCUT2D eigenvalue weighted by molar-refractivity contribution is -0.137. The van der Waals surface area contributed by atoms with Gasteiger partial charge in [-0.15, -0.1) is 0 Å². The lowest BCUT2D eigenvalue weighted by Gasteiger charge is -2.14. The number of ether oxygens (including phenoxy) is 1. The van der Waals surface area contributed by atoms with Crippen molar-refractivity contribution in [1.29, 1.82) is 0 Å². The second kappa shape index (κ2) is 5.43. The Balaban J connectivity index is 2.71. The van der Waals surface area contributed by atoms with Gasteiger partial charge in [0.1, 0.15) is 0 Å². The number of aromatic carboxylic acids is 1. The van der Waals surface area contributed by atoms with Gasteiger partial charge in [-0.3, -0.25) is 0 Å². The summed E-state index contributed by atoms with van der Waals surface area (Å²) in [5, 5.41) is 9.14. The van der Waals surface area contributed by atoms with Crippen molar-refractivity contribution in [2.75, 3.05) is 7.11 Å². The smallest absolute Gasteiger partial charge is 0.417 e. The predicted octanol–water partition coefficient (Wildman–Crippen LogP) is 3.47. The van der Waals surface area contributed by atoms with E-state index in [0.29, 0.717) is 0 Å². The van der Waals surface area contributed by atoms with Crippen molar-refractivity contribution in [2.24, 2.45) is 0 Å². The monoisotopic (exact) mass is 297 g/mol. The topological polar surface area (TPSA) is 59.4 Å². The first-order valence-electron chi connectivity index (χ1n) is 5.79. The van der Waals surface area contributed by atoms with Crippen LogP contribution in [0.3, 0.4) is 0 Å². The van der Waals surface area contributed by atoms with Gasteiger partial charge in [0, 0.05) is 11.6 Å². The minimum Gasteiger partial charge on any atom is -0.481 e. The highest BCUT2D eigenvalue weighted by Gasteiger charge is 2.34. The van der Waals surface area contributed by atoms with Crippen LogP contribution in [0.1, 0.15) is 16.1 Å². The van der Waals surface area contributed by atoms with E-state index in [2.05, 4.69) is 4.98 Å². The van der Waals surface area contributed by atoms with Gasteiger partial charge in [0.15, 0.2) is 5.69 Å². The number of nitrogens with zero attached hydrogens (tertiary/aromatic N) is 1. The second-order valence-electron chi connectivity index (χ2n) is 4.10. The first-order valence-corrected chi connectivity index (χ1v) is 5.79. The molecule has 0 radical (unpaired) electrons. The van der Waals surface area contributed by atoms with Crippen LogP contribution in [0.25, 0.3) is 11.1 Å².